The van der Waals surface area contributed by atoms with E-state index in [9.17, 15) is 4.79 Å². The van der Waals surface area contributed by atoms with Crippen molar-refractivity contribution in [1.29, 1.82) is 0 Å². The molecule has 1 amide bonds. The number of amidine groups is 1. The summed E-state index contributed by atoms with van der Waals surface area (Å²) in [5.41, 5.74) is 9.23. The fourth-order valence-corrected chi connectivity index (χ4v) is 5.16. The van der Waals surface area contributed by atoms with Crippen LogP contribution in [0.1, 0.15) is 41.4 Å². The van der Waals surface area contributed by atoms with E-state index in [0.29, 0.717) is 21.8 Å². The summed E-state index contributed by atoms with van der Waals surface area (Å²) in [6.07, 6.45) is 4.76. The molecule has 1 aliphatic carbocycles. The molecule has 27 heavy (non-hydrogen) atoms. The average Bonchev–Trinajstić information content (AvgIpc) is 2.78. The van der Waals surface area contributed by atoms with Crippen LogP contribution in [0.3, 0.4) is 0 Å². The van der Waals surface area contributed by atoms with Crippen molar-refractivity contribution < 1.29 is 4.79 Å². The third-order valence-corrected chi connectivity index (χ3v) is 6.62. The molecule has 4 rings (SSSR count). The van der Waals surface area contributed by atoms with Gasteiger partial charge in [0.15, 0.2) is 5.17 Å². The Morgan fingerprint density at radius 1 is 1.37 bits per heavy atom. The fourth-order valence-electron chi connectivity index (χ4n) is 3.93. The first-order valence-electron chi connectivity index (χ1n) is 9.00. The Kier molecular flexibility index (Phi) is 4.86. The van der Waals surface area contributed by atoms with Gasteiger partial charge >= 0.3 is 0 Å². The second kappa shape index (κ2) is 7.17. The van der Waals surface area contributed by atoms with Gasteiger partial charge < -0.3 is 11.1 Å². The zero-order chi connectivity index (χ0) is 19.0. The van der Waals surface area contributed by atoms with E-state index in [1.165, 1.54) is 11.8 Å². The predicted octanol–water partition coefficient (Wildman–Crippen LogP) is 4.22. The Bertz CT molecular complexity index is 915. The number of hydrogen-bond donors (Lipinski definition) is 2. The summed E-state index contributed by atoms with van der Waals surface area (Å²) in [5, 5.41) is 4.08. The number of hydrogen-bond acceptors (Lipinski definition) is 5. The molecule has 2 unspecified atom stereocenters. The van der Waals surface area contributed by atoms with Crippen LogP contribution in [0, 0.1) is 5.92 Å². The van der Waals surface area contributed by atoms with Crippen molar-refractivity contribution in [2.75, 3.05) is 11.1 Å². The standard InChI is InChI=1S/C20H21ClN4OS/c1-20-13(11-27-19(22)25-20)4-2-3-12-5-7-15(9-16(12)20)24-18(26)17-8-6-14(21)10-23-17/h5-10,13H,2-4,11H2,1H3,(H2,22,25)(H,24,26). The summed E-state index contributed by atoms with van der Waals surface area (Å²) in [7, 11) is 0. The molecular formula is C20H21ClN4OS. The molecule has 0 fully saturated rings. The van der Waals surface area contributed by atoms with Crippen LogP contribution >= 0.6 is 23.4 Å². The van der Waals surface area contributed by atoms with E-state index in [2.05, 4.69) is 23.3 Å². The van der Waals surface area contributed by atoms with E-state index >= 15 is 0 Å². The Hall–Kier alpha value is -2.05. The monoisotopic (exact) mass is 400 g/mol. The first-order valence-corrected chi connectivity index (χ1v) is 10.4. The highest BCUT2D eigenvalue weighted by Gasteiger charge is 2.41. The minimum atomic E-state index is -0.347. The van der Waals surface area contributed by atoms with Gasteiger partial charge in [-0.1, -0.05) is 29.4 Å². The number of aromatic nitrogens is 1. The lowest BCUT2D eigenvalue weighted by molar-refractivity contribution is 0.102. The molecule has 2 aromatic rings. The summed E-state index contributed by atoms with van der Waals surface area (Å²) in [5.74, 6) is 1.17. The lowest BCUT2D eigenvalue weighted by Gasteiger charge is -2.37. The number of anilines is 1. The summed E-state index contributed by atoms with van der Waals surface area (Å²) >= 11 is 7.48. The van der Waals surface area contributed by atoms with E-state index in [1.54, 1.807) is 23.9 Å². The molecule has 140 valence electrons. The number of carbonyl (C=O) groups is 1. The smallest absolute Gasteiger partial charge is 0.274 e. The number of amides is 1. The third-order valence-electron chi connectivity index (χ3n) is 5.44. The minimum absolute atomic E-state index is 0.260. The Balaban J connectivity index is 1.68. The number of fused-ring (bicyclic) bond motifs is 3. The van der Waals surface area contributed by atoms with Gasteiger partial charge in [0, 0.05) is 17.6 Å². The van der Waals surface area contributed by atoms with Crippen molar-refractivity contribution in [3.05, 3.63) is 58.4 Å². The molecule has 1 aromatic carbocycles. The van der Waals surface area contributed by atoms with E-state index < -0.39 is 0 Å². The molecule has 0 saturated heterocycles. The van der Waals surface area contributed by atoms with Crippen LogP contribution in [0.15, 0.2) is 41.5 Å². The lowest BCUT2D eigenvalue weighted by atomic mass is 9.79. The van der Waals surface area contributed by atoms with Gasteiger partial charge in [0.1, 0.15) is 5.69 Å². The lowest BCUT2D eigenvalue weighted by Crippen LogP contribution is -2.37. The average molecular weight is 401 g/mol. The number of rotatable bonds is 2. The number of nitrogens with two attached hydrogens (primary N) is 1. The van der Waals surface area contributed by atoms with Crippen LogP contribution in [0.25, 0.3) is 0 Å². The highest BCUT2D eigenvalue weighted by atomic mass is 35.5. The van der Waals surface area contributed by atoms with Gasteiger partial charge in [-0.2, -0.15) is 0 Å². The van der Waals surface area contributed by atoms with E-state index in [-0.39, 0.29) is 11.4 Å². The molecule has 2 aliphatic rings. The summed E-state index contributed by atoms with van der Waals surface area (Å²) in [6.45, 7) is 2.17. The van der Waals surface area contributed by atoms with Crippen LogP contribution in [-0.4, -0.2) is 21.8 Å². The molecule has 0 bridgehead atoms. The van der Waals surface area contributed by atoms with Gasteiger partial charge in [0.25, 0.3) is 5.91 Å². The number of aryl methyl sites for hydroxylation is 1. The largest absolute Gasteiger partial charge is 0.379 e. The highest BCUT2D eigenvalue weighted by Crippen LogP contribution is 2.46. The van der Waals surface area contributed by atoms with Crippen molar-refractivity contribution >= 4 is 40.1 Å². The molecule has 0 spiro atoms. The molecule has 1 aliphatic heterocycles. The van der Waals surface area contributed by atoms with Gasteiger partial charge in [0.2, 0.25) is 0 Å². The summed E-state index contributed by atoms with van der Waals surface area (Å²) in [4.78, 5) is 21.4. The van der Waals surface area contributed by atoms with Crippen LogP contribution in [0.2, 0.25) is 5.02 Å². The van der Waals surface area contributed by atoms with Crippen LogP contribution in [-0.2, 0) is 12.0 Å². The molecule has 0 radical (unpaired) electrons. The van der Waals surface area contributed by atoms with Crippen LogP contribution in [0.5, 0.6) is 0 Å². The molecule has 5 nitrogen and oxygen atoms in total. The molecule has 1 aromatic heterocycles. The van der Waals surface area contributed by atoms with E-state index in [1.807, 2.05) is 12.1 Å². The summed E-state index contributed by atoms with van der Waals surface area (Å²) in [6, 6.07) is 9.36. The quantitative estimate of drug-likeness (QED) is 0.790. The minimum Gasteiger partial charge on any atom is -0.379 e. The van der Waals surface area contributed by atoms with Crippen molar-refractivity contribution in [2.24, 2.45) is 16.6 Å². The third kappa shape index (κ3) is 3.56. The number of carbonyl (C=O) groups excluding carboxylic acids is 1. The first-order chi connectivity index (χ1) is 13.0. The Morgan fingerprint density at radius 2 is 2.22 bits per heavy atom. The maximum absolute atomic E-state index is 12.5. The normalized spacial score (nSPS) is 24.2. The van der Waals surface area contributed by atoms with Crippen LogP contribution in [0.4, 0.5) is 5.69 Å². The number of benzene rings is 1. The Labute approximate surface area is 167 Å². The van der Waals surface area contributed by atoms with Crippen molar-refractivity contribution in [1.82, 2.24) is 4.98 Å². The topological polar surface area (TPSA) is 80.4 Å². The molecular weight excluding hydrogens is 380 g/mol. The maximum atomic E-state index is 12.5. The second-order valence-corrected chi connectivity index (χ2v) is 8.66. The number of thioether (sulfide) groups is 1. The van der Waals surface area contributed by atoms with Crippen molar-refractivity contribution in [3.63, 3.8) is 0 Å². The van der Waals surface area contributed by atoms with Gasteiger partial charge in [-0.25, -0.2) is 4.98 Å². The molecule has 7 heteroatoms. The van der Waals surface area contributed by atoms with E-state index in [4.69, 9.17) is 22.3 Å². The fraction of sp³-hybridized carbons (Fsp3) is 0.350. The molecule has 0 saturated carbocycles. The van der Waals surface area contributed by atoms with Gasteiger partial charge in [-0.3, -0.25) is 9.79 Å². The SMILES string of the molecule is CC12N=C(N)SCC1CCCc1ccc(NC(=O)c3ccc(Cl)cn3)cc12. The van der Waals surface area contributed by atoms with E-state index in [0.717, 1.165) is 36.3 Å². The Morgan fingerprint density at radius 3 is 3.00 bits per heavy atom. The molecule has 2 heterocycles. The number of nitrogens with zero attached hydrogens (tertiary/aromatic N) is 2. The highest BCUT2D eigenvalue weighted by molar-refractivity contribution is 8.13. The number of aliphatic imine (C=N–C) groups is 1. The maximum Gasteiger partial charge on any atom is 0.274 e. The molecule has 3 N–H and O–H groups in total. The number of nitrogens with one attached hydrogen (secondary N) is 1. The zero-order valence-corrected chi connectivity index (χ0v) is 16.6. The predicted molar refractivity (Wildman–Crippen MR) is 112 cm³/mol. The van der Waals surface area contributed by atoms with Crippen molar-refractivity contribution in [2.45, 2.75) is 31.7 Å². The number of halogens is 1. The molecule has 2 atom stereocenters. The van der Waals surface area contributed by atoms with Gasteiger partial charge in [-0.15, -0.1) is 0 Å². The first kappa shape index (κ1) is 18.3. The summed E-state index contributed by atoms with van der Waals surface area (Å²) < 4.78 is 0. The van der Waals surface area contributed by atoms with Gasteiger partial charge in [-0.05, 0) is 67.5 Å². The van der Waals surface area contributed by atoms with Gasteiger partial charge in [0.05, 0.1) is 10.6 Å². The van der Waals surface area contributed by atoms with Crippen molar-refractivity contribution in [3.8, 4) is 0 Å². The number of pyridine rings is 1. The second-order valence-electron chi connectivity index (χ2n) is 7.19. The zero-order valence-electron chi connectivity index (χ0n) is 15.0. The van der Waals surface area contributed by atoms with Crippen LogP contribution < -0.4 is 11.1 Å².